The van der Waals surface area contributed by atoms with Crippen molar-refractivity contribution in [3.05, 3.63) is 42.5 Å². The molecule has 0 bridgehead atoms. The maximum atomic E-state index is 3.44. The predicted molar refractivity (Wildman–Crippen MR) is 66.1 cm³/mol. The minimum atomic E-state index is 0.853. The number of fused-ring (bicyclic) bond motifs is 1. The highest BCUT2D eigenvalue weighted by Crippen LogP contribution is 2.21. The maximum Gasteiger partial charge on any atom is 0.0732 e. The van der Waals surface area contributed by atoms with E-state index < -0.39 is 0 Å². The standard InChI is InChI=1S/C12H12BrN/c1-14(9-13)12-7-6-10-4-2-3-5-11(10)8-12/h2-8H,9H2,1H3. The zero-order chi connectivity index (χ0) is 9.97. The van der Waals surface area contributed by atoms with Crippen molar-refractivity contribution in [2.45, 2.75) is 0 Å². The van der Waals surface area contributed by atoms with Gasteiger partial charge in [-0.15, -0.1) is 0 Å². The number of halogens is 1. The van der Waals surface area contributed by atoms with E-state index in [1.807, 2.05) is 0 Å². The fourth-order valence-corrected chi connectivity index (χ4v) is 1.77. The van der Waals surface area contributed by atoms with Crippen LogP contribution in [0, 0.1) is 0 Å². The van der Waals surface area contributed by atoms with Gasteiger partial charge in [-0.25, -0.2) is 0 Å². The molecule has 2 aromatic rings. The van der Waals surface area contributed by atoms with Crippen LogP contribution in [0.1, 0.15) is 0 Å². The molecule has 0 aliphatic rings. The Morgan fingerprint density at radius 2 is 1.79 bits per heavy atom. The quantitative estimate of drug-likeness (QED) is 0.581. The number of hydrogen-bond acceptors (Lipinski definition) is 1. The van der Waals surface area contributed by atoms with E-state index in [9.17, 15) is 0 Å². The van der Waals surface area contributed by atoms with E-state index in [4.69, 9.17) is 0 Å². The molecule has 2 aromatic carbocycles. The Bertz CT molecular complexity index is 439. The second kappa shape index (κ2) is 4.01. The van der Waals surface area contributed by atoms with Gasteiger partial charge in [-0.05, 0) is 22.9 Å². The third-order valence-electron chi connectivity index (χ3n) is 2.35. The molecule has 1 nitrogen and oxygen atoms in total. The van der Waals surface area contributed by atoms with E-state index in [-0.39, 0.29) is 0 Å². The Hall–Kier alpha value is -1.02. The van der Waals surface area contributed by atoms with E-state index in [2.05, 4.69) is 70.3 Å². The van der Waals surface area contributed by atoms with Crippen LogP contribution in [0.5, 0.6) is 0 Å². The summed E-state index contributed by atoms with van der Waals surface area (Å²) in [6.45, 7) is 0. The summed E-state index contributed by atoms with van der Waals surface area (Å²) in [5.41, 5.74) is 2.09. The van der Waals surface area contributed by atoms with Crippen LogP contribution in [0.2, 0.25) is 0 Å². The van der Waals surface area contributed by atoms with Crippen molar-refractivity contribution in [2.24, 2.45) is 0 Å². The number of anilines is 1. The van der Waals surface area contributed by atoms with Crippen molar-refractivity contribution >= 4 is 32.4 Å². The van der Waals surface area contributed by atoms with Gasteiger partial charge in [0.15, 0.2) is 0 Å². The molecule has 0 heterocycles. The average molecular weight is 250 g/mol. The first-order valence-corrected chi connectivity index (χ1v) is 5.69. The Kier molecular flexibility index (Phi) is 2.73. The lowest BCUT2D eigenvalue weighted by atomic mass is 10.1. The van der Waals surface area contributed by atoms with Gasteiger partial charge in [0.25, 0.3) is 0 Å². The van der Waals surface area contributed by atoms with Gasteiger partial charge in [0, 0.05) is 12.7 Å². The van der Waals surface area contributed by atoms with E-state index in [0.29, 0.717) is 0 Å². The summed E-state index contributed by atoms with van der Waals surface area (Å²) in [4.78, 5) is 2.16. The van der Waals surface area contributed by atoms with Gasteiger partial charge in [-0.2, -0.15) is 0 Å². The van der Waals surface area contributed by atoms with Crippen LogP contribution < -0.4 is 4.90 Å². The second-order valence-corrected chi connectivity index (χ2v) is 3.85. The molecular formula is C12H12BrN. The highest BCUT2D eigenvalue weighted by atomic mass is 79.9. The van der Waals surface area contributed by atoms with Gasteiger partial charge < -0.3 is 4.90 Å². The summed E-state index contributed by atoms with van der Waals surface area (Å²) < 4.78 is 0. The molecule has 0 amide bonds. The molecule has 72 valence electrons. The highest BCUT2D eigenvalue weighted by Gasteiger charge is 1.99. The lowest BCUT2D eigenvalue weighted by molar-refractivity contribution is 1.11. The van der Waals surface area contributed by atoms with E-state index in [1.165, 1.54) is 16.5 Å². The predicted octanol–water partition coefficient (Wildman–Crippen LogP) is 3.63. The molecule has 0 aromatic heterocycles. The molecule has 0 fully saturated rings. The third kappa shape index (κ3) is 1.75. The van der Waals surface area contributed by atoms with Gasteiger partial charge >= 0.3 is 0 Å². The summed E-state index contributed by atoms with van der Waals surface area (Å²) in [5, 5.41) is 2.58. The van der Waals surface area contributed by atoms with Crippen LogP contribution in [0.4, 0.5) is 5.69 Å². The SMILES string of the molecule is CN(CBr)c1ccc2ccccc2c1. The molecule has 14 heavy (non-hydrogen) atoms. The van der Waals surface area contributed by atoms with Crippen LogP contribution in [0.15, 0.2) is 42.5 Å². The Morgan fingerprint density at radius 3 is 2.50 bits per heavy atom. The van der Waals surface area contributed by atoms with Crippen molar-refractivity contribution < 1.29 is 0 Å². The number of hydrogen-bond donors (Lipinski definition) is 0. The largest absolute Gasteiger partial charge is 0.365 e. The molecule has 0 spiro atoms. The van der Waals surface area contributed by atoms with Crippen LogP contribution >= 0.6 is 15.9 Å². The molecule has 0 radical (unpaired) electrons. The highest BCUT2D eigenvalue weighted by molar-refractivity contribution is 9.09. The fraction of sp³-hybridized carbons (Fsp3) is 0.167. The van der Waals surface area contributed by atoms with E-state index in [1.54, 1.807) is 0 Å². The lowest BCUT2D eigenvalue weighted by Gasteiger charge is -2.16. The first-order valence-electron chi connectivity index (χ1n) is 4.57. The number of nitrogens with zero attached hydrogens (tertiary/aromatic N) is 1. The van der Waals surface area contributed by atoms with E-state index in [0.717, 1.165) is 5.45 Å². The van der Waals surface area contributed by atoms with Crippen LogP contribution in [-0.2, 0) is 0 Å². The second-order valence-electron chi connectivity index (χ2n) is 3.35. The van der Waals surface area contributed by atoms with Crippen molar-refractivity contribution in [3.63, 3.8) is 0 Å². The first kappa shape index (κ1) is 9.53. The molecular weight excluding hydrogens is 238 g/mol. The molecule has 0 aliphatic heterocycles. The molecule has 0 atom stereocenters. The first-order chi connectivity index (χ1) is 6.81. The normalized spacial score (nSPS) is 10.4. The third-order valence-corrected chi connectivity index (χ3v) is 3.11. The summed E-state index contributed by atoms with van der Waals surface area (Å²) in [6.07, 6.45) is 0. The topological polar surface area (TPSA) is 3.24 Å². The monoisotopic (exact) mass is 249 g/mol. The molecule has 0 saturated heterocycles. The zero-order valence-electron chi connectivity index (χ0n) is 8.07. The zero-order valence-corrected chi connectivity index (χ0v) is 9.66. The van der Waals surface area contributed by atoms with E-state index >= 15 is 0 Å². The van der Waals surface area contributed by atoms with Gasteiger partial charge in [0.1, 0.15) is 0 Å². The van der Waals surface area contributed by atoms with Crippen molar-refractivity contribution in [1.82, 2.24) is 0 Å². The maximum absolute atomic E-state index is 3.44. The summed E-state index contributed by atoms with van der Waals surface area (Å²) in [5.74, 6) is 0. The minimum absolute atomic E-state index is 0.853. The average Bonchev–Trinajstić information content (AvgIpc) is 2.27. The van der Waals surface area contributed by atoms with Gasteiger partial charge in [-0.3, -0.25) is 0 Å². The molecule has 0 unspecified atom stereocenters. The molecule has 2 rings (SSSR count). The van der Waals surface area contributed by atoms with Crippen LogP contribution in [0.3, 0.4) is 0 Å². The molecule has 0 saturated carbocycles. The summed E-state index contributed by atoms with van der Waals surface area (Å²) in [6, 6.07) is 14.9. The minimum Gasteiger partial charge on any atom is -0.365 e. The number of rotatable bonds is 2. The summed E-state index contributed by atoms with van der Waals surface area (Å²) in [7, 11) is 2.07. The van der Waals surface area contributed by atoms with Crippen molar-refractivity contribution in [2.75, 3.05) is 17.4 Å². The van der Waals surface area contributed by atoms with Crippen LogP contribution in [0.25, 0.3) is 10.8 Å². The van der Waals surface area contributed by atoms with Gasteiger partial charge in [0.05, 0.1) is 5.45 Å². The Balaban J connectivity index is 2.51. The molecule has 2 heteroatoms. The van der Waals surface area contributed by atoms with Crippen LogP contribution in [-0.4, -0.2) is 12.5 Å². The smallest absolute Gasteiger partial charge is 0.0732 e. The fourth-order valence-electron chi connectivity index (χ4n) is 1.48. The van der Waals surface area contributed by atoms with Crippen molar-refractivity contribution in [3.8, 4) is 0 Å². The Morgan fingerprint density at radius 1 is 1.07 bits per heavy atom. The van der Waals surface area contributed by atoms with Gasteiger partial charge in [0.2, 0.25) is 0 Å². The van der Waals surface area contributed by atoms with Crippen molar-refractivity contribution in [1.29, 1.82) is 0 Å². The lowest BCUT2D eigenvalue weighted by Crippen LogP contribution is -2.13. The van der Waals surface area contributed by atoms with Gasteiger partial charge in [-0.1, -0.05) is 46.3 Å². The Labute approximate surface area is 92.5 Å². The molecule has 0 aliphatic carbocycles. The number of alkyl halides is 1. The molecule has 0 N–H and O–H groups in total. The summed E-state index contributed by atoms with van der Waals surface area (Å²) >= 11 is 3.44. The number of benzene rings is 2.